The summed E-state index contributed by atoms with van der Waals surface area (Å²) in [6.07, 6.45) is 1.76. The maximum absolute atomic E-state index is 13.4. The summed E-state index contributed by atoms with van der Waals surface area (Å²) in [5.41, 5.74) is 1.94. The number of aliphatic hydroxyl groups is 1. The Morgan fingerprint density at radius 2 is 1.97 bits per heavy atom. The first-order chi connectivity index (χ1) is 17.2. The molecule has 2 aromatic carbocycles. The van der Waals surface area contributed by atoms with E-state index in [4.69, 9.17) is 16.3 Å². The molecule has 8 nitrogen and oxygen atoms in total. The molecular weight excluding hydrogens is 487 g/mol. The molecule has 0 saturated carbocycles. The molecule has 36 heavy (non-hydrogen) atoms. The number of hydrogen-bond donors (Lipinski definition) is 3. The van der Waals surface area contributed by atoms with Gasteiger partial charge < -0.3 is 20.1 Å². The van der Waals surface area contributed by atoms with Gasteiger partial charge in [0.05, 0.1) is 23.7 Å². The Labute approximate surface area is 211 Å². The van der Waals surface area contributed by atoms with Gasteiger partial charge in [-0.15, -0.1) is 5.10 Å². The van der Waals surface area contributed by atoms with Crippen LogP contribution in [-0.2, 0) is 0 Å². The summed E-state index contributed by atoms with van der Waals surface area (Å²) in [6, 6.07) is 10.2. The molecule has 188 valence electrons. The van der Waals surface area contributed by atoms with Gasteiger partial charge >= 0.3 is 0 Å². The van der Waals surface area contributed by atoms with Crippen LogP contribution in [-0.4, -0.2) is 39.3 Å². The molecule has 3 N–H and O–H groups in total. The van der Waals surface area contributed by atoms with E-state index in [1.54, 1.807) is 30.3 Å². The number of ether oxygens (including phenoxy) is 1. The predicted molar refractivity (Wildman–Crippen MR) is 135 cm³/mol. The summed E-state index contributed by atoms with van der Waals surface area (Å²) in [6.45, 7) is 3.59. The largest absolute Gasteiger partial charge is 0.495 e. The highest BCUT2D eigenvalue weighted by Crippen LogP contribution is 2.30. The van der Waals surface area contributed by atoms with Crippen LogP contribution < -0.4 is 15.6 Å². The molecule has 0 aliphatic carbocycles. The number of amides is 1. The van der Waals surface area contributed by atoms with Crippen LogP contribution in [0.1, 0.15) is 53.7 Å². The fourth-order valence-electron chi connectivity index (χ4n) is 4.20. The monoisotopic (exact) mass is 512 g/mol. The van der Waals surface area contributed by atoms with E-state index in [9.17, 15) is 19.1 Å². The number of methoxy groups -OCH3 is 1. The number of fused-ring (bicyclic) bond motifs is 1. The molecule has 2 heterocycles. The molecule has 1 atom stereocenters. The summed E-state index contributed by atoms with van der Waals surface area (Å²) in [7, 11) is 1.49. The SMILES string of the molecule is COc1cc(-c2nn3cc(C(=O)N[C@H](CCO)c4ccc(F)cc4)c(C(C)C)c3c(=O)[nH]2)ccc1Cl. The topological polar surface area (TPSA) is 109 Å². The van der Waals surface area contributed by atoms with Crippen molar-refractivity contribution in [2.45, 2.75) is 32.2 Å². The summed E-state index contributed by atoms with van der Waals surface area (Å²) < 4.78 is 20.0. The third-order valence-corrected chi connectivity index (χ3v) is 6.23. The van der Waals surface area contributed by atoms with Crippen LogP contribution in [0.15, 0.2) is 53.5 Å². The Bertz CT molecular complexity index is 1460. The average molecular weight is 513 g/mol. The maximum atomic E-state index is 13.4. The van der Waals surface area contributed by atoms with Crippen LogP contribution in [0, 0.1) is 5.82 Å². The normalized spacial score (nSPS) is 12.2. The minimum absolute atomic E-state index is 0.165. The van der Waals surface area contributed by atoms with Crippen LogP contribution in [0.4, 0.5) is 4.39 Å². The van der Waals surface area contributed by atoms with Gasteiger partial charge in [-0.05, 0) is 48.2 Å². The lowest BCUT2D eigenvalue weighted by Gasteiger charge is -2.19. The van der Waals surface area contributed by atoms with Crippen LogP contribution in [0.25, 0.3) is 16.9 Å². The van der Waals surface area contributed by atoms with E-state index in [2.05, 4.69) is 15.4 Å². The first kappa shape index (κ1) is 25.4. The lowest BCUT2D eigenvalue weighted by atomic mass is 9.98. The Hall–Kier alpha value is -3.69. The van der Waals surface area contributed by atoms with Gasteiger partial charge in [-0.25, -0.2) is 8.91 Å². The van der Waals surface area contributed by atoms with E-state index < -0.39 is 23.3 Å². The van der Waals surface area contributed by atoms with Gasteiger partial charge in [0.15, 0.2) is 5.82 Å². The van der Waals surface area contributed by atoms with Crippen molar-refractivity contribution in [1.82, 2.24) is 19.9 Å². The predicted octanol–water partition coefficient (Wildman–Crippen LogP) is 4.47. The lowest BCUT2D eigenvalue weighted by molar-refractivity contribution is 0.0929. The van der Waals surface area contributed by atoms with Crippen molar-refractivity contribution in [3.8, 4) is 17.1 Å². The maximum Gasteiger partial charge on any atom is 0.275 e. The zero-order valence-electron chi connectivity index (χ0n) is 20.0. The van der Waals surface area contributed by atoms with E-state index in [1.165, 1.54) is 30.0 Å². The van der Waals surface area contributed by atoms with Crippen molar-refractivity contribution in [1.29, 1.82) is 0 Å². The molecule has 4 aromatic rings. The molecular formula is C26H26ClFN4O4. The highest BCUT2D eigenvalue weighted by atomic mass is 35.5. The van der Waals surface area contributed by atoms with Crippen molar-refractivity contribution in [2.75, 3.05) is 13.7 Å². The number of aromatic amines is 1. The standard InChI is InChI=1S/C26H26ClFN4O4/c1-14(2)22-18(25(34)29-20(10-11-33)15-4-7-17(28)8-5-15)13-32-23(22)26(35)30-24(31-32)16-6-9-19(27)21(12-16)36-3/h4-9,12-14,20,33H,10-11H2,1-3H3,(H,29,34)(H,30,31,35)/t20-/m1/s1. The molecule has 0 spiro atoms. The molecule has 4 rings (SSSR count). The second kappa shape index (κ2) is 10.5. The summed E-state index contributed by atoms with van der Waals surface area (Å²) in [4.78, 5) is 29.4. The molecule has 0 fully saturated rings. The Balaban J connectivity index is 1.77. The number of nitrogens with zero attached hydrogens (tertiary/aromatic N) is 2. The second-order valence-electron chi connectivity index (χ2n) is 8.65. The van der Waals surface area contributed by atoms with E-state index >= 15 is 0 Å². The molecule has 0 aliphatic heterocycles. The van der Waals surface area contributed by atoms with Crippen LogP contribution in [0.3, 0.4) is 0 Å². The molecule has 10 heteroatoms. The number of nitrogens with one attached hydrogen (secondary N) is 2. The van der Waals surface area contributed by atoms with Gasteiger partial charge in [-0.3, -0.25) is 9.59 Å². The third-order valence-electron chi connectivity index (χ3n) is 5.92. The molecule has 0 bridgehead atoms. The fourth-order valence-corrected chi connectivity index (χ4v) is 4.39. The molecule has 0 radical (unpaired) electrons. The van der Waals surface area contributed by atoms with Crippen molar-refractivity contribution in [3.63, 3.8) is 0 Å². The van der Waals surface area contributed by atoms with Crippen LogP contribution in [0.5, 0.6) is 5.75 Å². The number of H-pyrrole nitrogens is 1. The van der Waals surface area contributed by atoms with Crippen LogP contribution >= 0.6 is 11.6 Å². The number of halogens is 2. The Morgan fingerprint density at radius 1 is 1.25 bits per heavy atom. The summed E-state index contributed by atoms with van der Waals surface area (Å²) >= 11 is 6.12. The van der Waals surface area contributed by atoms with Gasteiger partial charge in [-0.1, -0.05) is 37.6 Å². The smallest absolute Gasteiger partial charge is 0.275 e. The Morgan fingerprint density at radius 3 is 2.61 bits per heavy atom. The second-order valence-corrected chi connectivity index (χ2v) is 9.05. The lowest BCUT2D eigenvalue weighted by Crippen LogP contribution is -2.29. The van der Waals surface area contributed by atoms with Crippen molar-refractivity contribution in [2.24, 2.45) is 0 Å². The van der Waals surface area contributed by atoms with Gasteiger partial charge in [0, 0.05) is 23.9 Å². The van der Waals surface area contributed by atoms with Gasteiger partial charge in [0.1, 0.15) is 17.1 Å². The Kier molecular flexibility index (Phi) is 7.42. The van der Waals surface area contributed by atoms with E-state index in [1.807, 2.05) is 13.8 Å². The molecule has 0 unspecified atom stereocenters. The van der Waals surface area contributed by atoms with Gasteiger partial charge in [-0.2, -0.15) is 0 Å². The number of hydrogen-bond acceptors (Lipinski definition) is 5. The van der Waals surface area contributed by atoms with Crippen molar-refractivity contribution >= 4 is 23.0 Å². The molecule has 0 aliphatic rings. The number of carbonyl (C=O) groups is 1. The van der Waals surface area contributed by atoms with Crippen LogP contribution in [0.2, 0.25) is 5.02 Å². The first-order valence-electron chi connectivity index (χ1n) is 11.4. The molecule has 0 saturated heterocycles. The average Bonchev–Trinajstić information content (AvgIpc) is 3.25. The molecule has 2 aromatic heterocycles. The number of aromatic nitrogens is 3. The zero-order valence-corrected chi connectivity index (χ0v) is 20.8. The van der Waals surface area contributed by atoms with Crippen molar-refractivity contribution in [3.05, 3.63) is 86.5 Å². The highest BCUT2D eigenvalue weighted by molar-refractivity contribution is 6.32. The summed E-state index contributed by atoms with van der Waals surface area (Å²) in [5, 5.41) is 17.4. The van der Waals surface area contributed by atoms with Crippen molar-refractivity contribution < 1.29 is 19.0 Å². The number of aliphatic hydroxyl groups excluding tert-OH is 1. The van der Waals surface area contributed by atoms with E-state index in [-0.39, 0.29) is 30.3 Å². The van der Waals surface area contributed by atoms with Gasteiger partial charge in [0.2, 0.25) is 0 Å². The summed E-state index contributed by atoms with van der Waals surface area (Å²) in [5.74, 6) is -0.274. The molecule has 1 amide bonds. The van der Waals surface area contributed by atoms with E-state index in [0.717, 1.165) is 0 Å². The first-order valence-corrected chi connectivity index (χ1v) is 11.8. The zero-order chi connectivity index (χ0) is 26.0. The number of carbonyl (C=O) groups excluding carboxylic acids is 1. The van der Waals surface area contributed by atoms with Gasteiger partial charge in [0.25, 0.3) is 11.5 Å². The quantitative estimate of drug-likeness (QED) is 0.323. The highest BCUT2D eigenvalue weighted by Gasteiger charge is 2.25. The minimum Gasteiger partial charge on any atom is -0.495 e. The third kappa shape index (κ3) is 4.98. The van der Waals surface area contributed by atoms with E-state index in [0.29, 0.717) is 33.0 Å². The number of rotatable bonds is 8. The fraction of sp³-hybridized carbons (Fsp3) is 0.269. The minimum atomic E-state index is -0.547. The number of benzene rings is 2.